The molecule has 16 heavy (non-hydrogen) atoms. The van der Waals surface area contributed by atoms with Crippen molar-refractivity contribution in [1.82, 2.24) is 19.9 Å². The van der Waals surface area contributed by atoms with Crippen molar-refractivity contribution in [1.29, 1.82) is 0 Å². The number of rotatable bonds is 3. The van der Waals surface area contributed by atoms with E-state index in [9.17, 15) is 0 Å². The van der Waals surface area contributed by atoms with E-state index < -0.39 is 0 Å². The smallest absolute Gasteiger partial charge is 0.165 e. The molecule has 1 aliphatic rings. The predicted molar refractivity (Wildman–Crippen MR) is 62.3 cm³/mol. The average molecular weight is 216 g/mol. The van der Waals surface area contributed by atoms with Crippen LogP contribution in [0.15, 0.2) is 18.3 Å². The summed E-state index contributed by atoms with van der Waals surface area (Å²) in [6, 6.07) is 4.18. The molecule has 1 aliphatic carbocycles. The van der Waals surface area contributed by atoms with Crippen LogP contribution in [0.5, 0.6) is 0 Å². The fourth-order valence-corrected chi connectivity index (χ4v) is 2.26. The molecule has 1 N–H and O–H groups in total. The van der Waals surface area contributed by atoms with Gasteiger partial charge in [-0.05, 0) is 26.0 Å². The molecule has 1 fully saturated rings. The number of pyridine rings is 1. The van der Waals surface area contributed by atoms with Crippen LogP contribution in [0.3, 0.4) is 0 Å². The molecule has 4 nitrogen and oxygen atoms in total. The normalized spacial score (nSPS) is 16.6. The van der Waals surface area contributed by atoms with Gasteiger partial charge in [0.15, 0.2) is 5.65 Å². The fraction of sp³-hybridized carbons (Fsp3) is 0.500. The number of hydrogen-bond acceptors (Lipinski definition) is 3. The lowest BCUT2D eigenvalue weighted by molar-refractivity contribution is 0.399. The lowest BCUT2D eigenvalue weighted by Gasteiger charge is -2.23. The van der Waals surface area contributed by atoms with Gasteiger partial charge in [0.05, 0.1) is 0 Å². The molecule has 2 heterocycles. The van der Waals surface area contributed by atoms with Gasteiger partial charge in [0.2, 0.25) is 0 Å². The van der Waals surface area contributed by atoms with Crippen LogP contribution in [0.25, 0.3) is 5.65 Å². The third-order valence-corrected chi connectivity index (χ3v) is 3.38. The van der Waals surface area contributed by atoms with Gasteiger partial charge < -0.3 is 5.32 Å². The summed E-state index contributed by atoms with van der Waals surface area (Å²) in [6.07, 6.45) is 5.92. The van der Waals surface area contributed by atoms with Gasteiger partial charge in [0.25, 0.3) is 0 Å². The third kappa shape index (κ3) is 1.41. The summed E-state index contributed by atoms with van der Waals surface area (Å²) < 4.78 is 2.15. The summed E-state index contributed by atoms with van der Waals surface area (Å²) in [6.45, 7) is 0.840. The first-order chi connectivity index (χ1) is 7.90. The lowest BCUT2D eigenvalue weighted by atomic mass is 9.85. The molecule has 0 aliphatic heterocycles. The molecule has 0 radical (unpaired) electrons. The van der Waals surface area contributed by atoms with Crippen LogP contribution < -0.4 is 5.32 Å². The Bertz CT molecular complexity index is 499. The minimum absolute atomic E-state index is 0.625. The van der Waals surface area contributed by atoms with Crippen molar-refractivity contribution < 1.29 is 0 Å². The highest BCUT2D eigenvalue weighted by Crippen LogP contribution is 2.35. The summed E-state index contributed by atoms with van der Waals surface area (Å²) >= 11 is 0. The van der Waals surface area contributed by atoms with Crippen LogP contribution in [0, 0.1) is 0 Å². The highest BCUT2D eigenvalue weighted by molar-refractivity contribution is 5.47. The minimum Gasteiger partial charge on any atom is -0.316 e. The van der Waals surface area contributed by atoms with Crippen LogP contribution in [0.1, 0.15) is 36.6 Å². The van der Waals surface area contributed by atoms with E-state index in [1.807, 2.05) is 7.05 Å². The molecule has 2 aromatic heterocycles. The summed E-state index contributed by atoms with van der Waals surface area (Å²) in [4.78, 5) is 0. The van der Waals surface area contributed by atoms with Crippen molar-refractivity contribution in [3.05, 3.63) is 29.7 Å². The molecule has 0 spiro atoms. The molecule has 3 rings (SSSR count). The Kier molecular flexibility index (Phi) is 2.36. The maximum Gasteiger partial charge on any atom is 0.165 e. The maximum absolute atomic E-state index is 4.35. The Labute approximate surface area is 94.7 Å². The topological polar surface area (TPSA) is 42.2 Å². The van der Waals surface area contributed by atoms with Crippen molar-refractivity contribution in [3.8, 4) is 0 Å². The summed E-state index contributed by atoms with van der Waals surface area (Å²) in [5, 5.41) is 11.8. The van der Waals surface area contributed by atoms with Gasteiger partial charge in [-0.1, -0.05) is 12.5 Å². The first kappa shape index (κ1) is 9.78. The second-order valence-corrected chi connectivity index (χ2v) is 4.44. The third-order valence-electron chi connectivity index (χ3n) is 3.38. The van der Waals surface area contributed by atoms with Gasteiger partial charge in [0.1, 0.15) is 5.82 Å². The van der Waals surface area contributed by atoms with Crippen LogP contribution in [-0.4, -0.2) is 21.6 Å². The SMILES string of the molecule is CNCc1cccn2c(C3CCC3)nnc12. The summed E-state index contributed by atoms with van der Waals surface area (Å²) in [5.74, 6) is 1.76. The number of nitrogens with one attached hydrogen (secondary N) is 1. The molecule has 0 aromatic carbocycles. The predicted octanol–water partition coefficient (Wildman–Crippen LogP) is 1.72. The van der Waals surface area contributed by atoms with E-state index in [0.717, 1.165) is 18.0 Å². The second-order valence-electron chi connectivity index (χ2n) is 4.44. The van der Waals surface area contributed by atoms with Crippen LogP contribution in [-0.2, 0) is 6.54 Å². The van der Waals surface area contributed by atoms with Gasteiger partial charge >= 0.3 is 0 Å². The minimum atomic E-state index is 0.625. The van der Waals surface area contributed by atoms with E-state index in [1.54, 1.807) is 0 Å². The van der Waals surface area contributed by atoms with Crippen molar-refractivity contribution in [2.24, 2.45) is 0 Å². The highest BCUT2D eigenvalue weighted by atomic mass is 15.2. The Morgan fingerprint density at radius 1 is 1.44 bits per heavy atom. The molecule has 0 atom stereocenters. The number of aromatic nitrogens is 3. The van der Waals surface area contributed by atoms with Crippen molar-refractivity contribution in [2.75, 3.05) is 7.05 Å². The van der Waals surface area contributed by atoms with E-state index in [1.165, 1.54) is 24.8 Å². The first-order valence-corrected chi connectivity index (χ1v) is 5.87. The number of fused-ring (bicyclic) bond motifs is 1. The van der Waals surface area contributed by atoms with Gasteiger partial charge in [-0.3, -0.25) is 4.40 Å². The summed E-state index contributed by atoms with van der Waals surface area (Å²) in [7, 11) is 1.95. The number of nitrogens with zero attached hydrogens (tertiary/aromatic N) is 3. The Hall–Kier alpha value is -1.42. The van der Waals surface area contributed by atoms with Gasteiger partial charge in [-0.15, -0.1) is 10.2 Å². The van der Waals surface area contributed by atoms with Crippen molar-refractivity contribution >= 4 is 5.65 Å². The van der Waals surface area contributed by atoms with E-state index in [4.69, 9.17) is 0 Å². The molecule has 0 bridgehead atoms. The molecule has 2 aromatic rings. The monoisotopic (exact) mass is 216 g/mol. The quantitative estimate of drug-likeness (QED) is 0.849. The van der Waals surface area contributed by atoms with Crippen LogP contribution in [0.2, 0.25) is 0 Å². The Morgan fingerprint density at radius 3 is 3.00 bits per heavy atom. The number of hydrogen-bond donors (Lipinski definition) is 1. The van der Waals surface area contributed by atoms with Gasteiger partial charge in [0, 0.05) is 24.2 Å². The van der Waals surface area contributed by atoms with E-state index in [0.29, 0.717) is 5.92 Å². The average Bonchev–Trinajstić information content (AvgIpc) is 2.62. The highest BCUT2D eigenvalue weighted by Gasteiger charge is 2.24. The second kappa shape index (κ2) is 3.87. The van der Waals surface area contributed by atoms with E-state index in [2.05, 4.69) is 38.2 Å². The van der Waals surface area contributed by atoms with E-state index >= 15 is 0 Å². The lowest BCUT2D eigenvalue weighted by Crippen LogP contribution is -2.13. The molecule has 0 saturated heterocycles. The van der Waals surface area contributed by atoms with Crippen molar-refractivity contribution in [3.63, 3.8) is 0 Å². The zero-order valence-electron chi connectivity index (χ0n) is 9.48. The Balaban J connectivity index is 2.08. The van der Waals surface area contributed by atoms with Crippen molar-refractivity contribution in [2.45, 2.75) is 31.7 Å². The summed E-state index contributed by atoms with van der Waals surface area (Å²) in [5.41, 5.74) is 2.21. The van der Waals surface area contributed by atoms with Gasteiger partial charge in [-0.25, -0.2) is 0 Å². The molecular formula is C12H16N4. The molecule has 4 heteroatoms. The van der Waals surface area contributed by atoms with E-state index in [-0.39, 0.29) is 0 Å². The molecule has 0 unspecified atom stereocenters. The Morgan fingerprint density at radius 2 is 2.31 bits per heavy atom. The maximum atomic E-state index is 4.35. The largest absolute Gasteiger partial charge is 0.316 e. The van der Waals surface area contributed by atoms with Crippen LogP contribution >= 0.6 is 0 Å². The fourth-order valence-electron chi connectivity index (χ4n) is 2.26. The molecule has 1 saturated carbocycles. The van der Waals surface area contributed by atoms with Gasteiger partial charge in [-0.2, -0.15) is 0 Å². The zero-order valence-corrected chi connectivity index (χ0v) is 9.48. The molecular weight excluding hydrogens is 200 g/mol. The zero-order chi connectivity index (χ0) is 11.0. The standard InChI is InChI=1S/C12H16N4/c1-13-8-10-6-3-7-16-11(9-4-2-5-9)14-15-12(10)16/h3,6-7,9,13H,2,4-5,8H2,1H3. The first-order valence-electron chi connectivity index (χ1n) is 5.87. The van der Waals surface area contributed by atoms with Crippen LogP contribution in [0.4, 0.5) is 0 Å². The molecule has 0 amide bonds. The molecule has 84 valence electrons.